The number of amides is 2. The van der Waals surface area contributed by atoms with Gasteiger partial charge in [-0.1, -0.05) is 41.9 Å². The van der Waals surface area contributed by atoms with Crippen LogP contribution in [0.2, 0.25) is 5.15 Å². The van der Waals surface area contributed by atoms with E-state index in [-0.39, 0.29) is 10.7 Å². The van der Waals surface area contributed by atoms with Crippen LogP contribution in [0, 0.1) is 6.92 Å². The zero-order chi connectivity index (χ0) is 20.8. The minimum absolute atomic E-state index is 0.101. The first kappa shape index (κ1) is 20.8. The molecule has 0 atom stereocenters. The zero-order valence-electron chi connectivity index (χ0n) is 15.4. The second kappa shape index (κ2) is 9.49. The van der Waals surface area contributed by atoms with Gasteiger partial charge in [0, 0.05) is 21.9 Å². The lowest BCUT2D eigenvalue weighted by Crippen LogP contribution is -2.25. The predicted octanol–water partition coefficient (Wildman–Crippen LogP) is 5.47. The van der Waals surface area contributed by atoms with Gasteiger partial charge in [-0.25, -0.2) is 4.98 Å². The van der Waals surface area contributed by atoms with Crippen molar-refractivity contribution in [3.63, 3.8) is 0 Å². The highest BCUT2D eigenvalue weighted by atomic mass is 79.9. The van der Waals surface area contributed by atoms with E-state index in [1.54, 1.807) is 42.5 Å². The van der Waals surface area contributed by atoms with E-state index in [1.165, 1.54) is 12.3 Å². The van der Waals surface area contributed by atoms with Crippen LogP contribution in [-0.4, -0.2) is 16.8 Å². The third-order valence-corrected chi connectivity index (χ3v) is 4.95. The highest BCUT2D eigenvalue weighted by molar-refractivity contribution is 9.10. The van der Waals surface area contributed by atoms with Gasteiger partial charge in [-0.05, 0) is 64.8 Å². The molecule has 0 radical (unpaired) electrons. The summed E-state index contributed by atoms with van der Waals surface area (Å²) in [5, 5.41) is 5.69. The first-order valence-electron chi connectivity index (χ1n) is 8.70. The number of nitrogens with zero attached hydrogens (tertiary/aromatic N) is 1. The smallest absolute Gasteiger partial charge is 0.261 e. The number of halogens is 2. The fourth-order valence-electron chi connectivity index (χ4n) is 2.53. The maximum absolute atomic E-state index is 13.0. The third kappa shape index (κ3) is 5.53. The normalized spacial score (nSPS) is 11.1. The minimum atomic E-state index is -0.567. The van der Waals surface area contributed by atoms with E-state index >= 15 is 0 Å². The zero-order valence-corrected chi connectivity index (χ0v) is 17.8. The number of rotatable bonds is 5. The van der Waals surface area contributed by atoms with Crippen LogP contribution in [0.25, 0.3) is 6.08 Å². The molecule has 2 aromatic carbocycles. The van der Waals surface area contributed by atoms with Crippen LogP contribution in [0.4, 0.5) is 11.4 Å². The summed E-state index contributed by atoms with van der Waals surface area (Å²) in [7, 11) is 0. The summed E-state index contributed by atoms with van der Waals surface area (Å²) < 4.78 is 0.716. The van der Waals surface area contributed by atoms with Crippen molar-refractivity contribution in [2.75, 3.05) is 10.6 Å². The van der Waals surface area contributed by atoms with Crippen molar-refractivity contribution >= 4 is 56.8 Å². The first-order valence-corrected chi connectivity index (χ1v) is 9.87. The Morgan fingerprint density at radius 3 is 2.41 bits per heavy atom. The van der Waals surface area contributed by atoms with E-state index < -0.39 is 11.8 Å². The van der Waals surface area contributed by atoms with E-state index in [2.05, 4.69) is 31.5 Å². The molecule has 3 rings (SSSR count). The maximum Gasteiger partial charge on any atom is 0.261 e. The Labute approximate surface area is 181 Å². The van der Waals surface area contributed by atoms with Crippen molar-refractivity contribution in [3.05, 3.63) is 93.2 Å². The van der Waals surface area contributed by atoms with Crippen LogP contribution in [0.15, 0.2) is 76.9 Å². The quantitative estimate of drug-likeness (QED) is 0.225. The molecule has 0 bridgehead atoms. The highest BCUT2D eigenvalue weighted by Gasteiger charge is 2.20. The fourth-order valence-corrected chi connectivity index (χ4v) is 3.29. The number of aryl methyl sites for hydroxylation is 1. The van der Waals surface area contributed by atoms with Gasteiger partial charge in [-0.2, -0.15) is 0 Å². The van der Waals surface area contributed by atoms with Crippen LogP contribution < -0.4 is 10.6 Å². The maximum atomic E-state index is 13.0. The minimum Gasteiger partial charge on any atom is -0.322 e. The molecule has 2 N–H and O–H groups in total. The van der Waals surface area contributed by atoms with Crippen molar-refractivity contribution in [3.8, 4) is 0 Å². The topological polar surface area (TPSA) is 71.1 Å². The summed E-state index contributed by atoms with van der Waals surface area (Å²) in [6, 6.07) is 17.8. The average Bonchev–Trinajstić information content (AvgIpc) is 2.70. The van der Waals surface area contributed by atoms with E-state index in [0.717, 1.165) is 5.56 Å². The van der Waals surface area contributed by atoms with E-state index in [0.29, 0.717) is 21.4 Å². The highest BCUT2D eigenvalue weighted by Crippen LogP contribution is 2.25. The molecule has 0 aliphatic carbocycles. The van der Waals surface area contributed by atoms with Gasteiger partial charge < -0.3 is 10.6 Å². The first-order chi connectivity index (χ1) is 13.9. The molecule has 0 saturated carbocycles. The van der Waals surface area contributed by atoms with Crippen molar-refractivity contribution < 1.29 is 9.59 Å². The van der Waals surface area contributed by atoms with Gasteiger partial charge >= 0.3 is 0 Å². The Morgan fingerprint density at radius 2 is 1.72 bits per heavy atom. The Balaban J connectivity index is 1.94. The molecular weight excluding hydrogens is 454 g/mol. The number of aromatic nitrogens is 1. The molecule has 1 heterocycles. The standard InChI is InChI=1S/C22H17BrClN3O2/c1-14-9-10-19(18(23)12-14)27-22(29)17(13-15-6-5-11-25-20(15)24)21(28)26-16-7-3-2-4-8-16/h2-13H,1H3,(H,26,28)(H,27,29). The molecule has 0 aliphatic rings. The molecule has 7 heteroatoms. The molecule has 1 aromatic heterocycles. The number of benzene rings is 2. The van der Waals surface area contributed by atoms with E-state index in [9.17, 15) is 9.59 Å². The lowest BCUT2D eigenvalue weighted by atomic mass is 10.1. The monoisotopic (exact) mass is 469 g/mol. The van der Waals surface area contributed by atoms with E-state index in [4.69, 9.17) is 11.6 Å². The third-order valence-electron chi connectivity index (χ3n) is 3.98. The van der Waals surface area contributed by atoms with Gasteiger partial charge in [0.15, 0.2) is 0 Å². The second-order valence-corrected chi connectivity index (χ2v) is 7.41. The van der Waals surface area contributed by atoms with Gasteiger partial charge in [0.2, 0.25) is 0 Å². The van der Waals surface area contributed by atoms with Gasteiger partial charge in [-0.3, -0.25) is 9.59 Å². The SMILES string of the molecule is Cc1ccc(NC(=O)C(=Cc2cccnc2Cl)C(=O)Nc2ccccc2)c(Br)c1. The predicted molar refractivity (Wildman–Crippen MR) is 120 cm³/mol. The number of carbonyl (C=O) groups is 2. The molecule has 146 valence electrons. The Kier molecular flexibility index (Phi) is 6.80. The number of para-hydroxylation sites is 1. The van der Waals surface area contributed by atoms with Crippen LogP contribution in [0.5, 0.6) is 0 Å². The van der Waals surface area contributed by atoms with Gasteiger partial charge in [0.1, 0.15) is 10.7 Å². The molecule has 5 nitrogen and oxygen atoms in total. The largest absolute Gasteiger partial charge is 0.322 e. The summed E-state index contributed by atoms with van der Waals surface area (Å²) in [6.45, 7) is 1.94. The Bertz CT molecular complexity index is 1080. The summed E-state index contributed by atoms with van der Waals surface area (Å²) in [5.41, 5.74) is 2.53. The van der Waals surface area contributed by atoms with Crippen molar-refractivity contribution in [2.45, 2.75) is 6.92 Å². The molecule has 0 spiro atoms. The summed E-state index contributed by atoms with van der Waals surface area (Å²) in [6.07, 6.45) is 2.96. The lowest BCUT2D eigenvalue weighted by molar-refractivity contribution is -0.118. The average molecular weight is 471 g/mol. The molecule has 3 aromatic rings. The molecule has 0 aliphatic heterocycles. The summed E-state index contributed by atoms with van der Waals surface area (Å²) in [5.74, 6) is -1.13. The molecule has 0 fully saturated rings. The van der Waals surface area contributed by atoms with Crippen molar-refractivity contribution in [1.29, 1.82) is 0 Å². The number of carbonyl (C=O) groups excluding carboxylic acids is 2. The Morgan fingerprint density at radius 1 is 1.00 bits per heavy atom. The molecule has 0 unspecified atom stereocenters. The van der Waals surface area contributed by atoms with Gasteiger partial charge in [0.25, 0.3) is 11.8 Å². The Hall–Kier alpha value is -2.96. The molecule has 29 heavy (non-hydrogen) atoms. The number of hydrogen-bond acceptors (Lipinski definition) is 3. The van der Waals surface area contributed by atoms with Gasteiger partial charge in [0.05, 0.1) is 5.69 Å². The summed E-state index contributed by atoms with van der Waals surface area (Å²) in [4.78, 5) is 29.8. The van der Waals surface area contributed by atoms with Crippen molar-refractivity contribution in [2.24, 2.45) is 0 Å². The number of hydrogen-bond donors (Lipinski definition) is 2. The number of nitrogens with one attached hydrogen (secondary N) is 2. The van der Waals surface area contributed by atoms with Crippen LogP contribution in [0.3, 0.4) is 0 Å². The molecular formula is C22H17BrClN3O2. The summed E-state index contributed by atoms with van der Waals surface area (Å²) >= 11 is 9.54. The van der Waals surface area contributed by atoms with Crippen LogP contribution >= 0.6 is 27.5 Å². The van der Waals surface area contributed by atoms with Gasteiger partial charge in [-0.15, -0.1) is 0 Å². The van der Waals surface area contributed by atoms with Crippen molar-refractivity contribution in [1.82, 2.24) is 4.98 Å². The fraction of sp³-hybridized carbons (Fsp3) is 0.0455. The van der Waals surface area contributed by atoms with E-state index in [1.807, 2.05) is 25.1 Å². The number of pyridine rings is 1. The number of anilines is 2. The molecule has 0 saturated heterocycles. The van der Waals surface area contributed by atoms with Crippen LogP contribution in [0.1, 0.15) is 11.1 Å². The second-order valence-electron chi connectivity index (χ2n) is 6.20. The lowest BCUT2D eigenvalue weighted by Gasteiger charge is -2.12. The van der Waals surface area contributed by atoms with Crippen LogP contribution in [-0.2, 0) is 9.59 Å². The molecule has 2 amide bonds.